The molecule has 0 atom stereocenters. The van der Waals surface area contributed by atoms with E-state index in [9.17, 15) is 18.0 Å². The van der Waals surface area contributed by atoms with E-state index in [0.29, 0.717) is 34.4 Å². The Hall–Kier alpha value is -2.74. The van der Waals surface area contributed by atoms with Crippen LogP contribution in [0.5, 0.6) is 5.88 Å². The number of ether oxygens (including phenoxy) is 1. The number of carbonyl (C=O) groups excluding carboxylic acids is 1. The number of methoxy groups -OCH3 is 1. The summed E-state index contributed by atoms with van der Waals surface area (Å²) in [7, 11) is 1.53. The summed E-state index contributed by atoms with van der Waals surface area (Å²) < 4.78 is 36.9. The highest BCUT2D eigenvalue weighted by Gasteiger charge is 2.38. The number of hydrogen-bond acceptors (Lipinski definition) is 8. The van der Waals surface area contributed by atoms with Crippen molar-refractivity contribution in [2.45, 2.75) is 6.18 Å². The number of nitrogens with one attached hydrogen (secondary N) is 2. The highest BCUT2D eigenvalue weighted by molar-refractivity contribution is 7.22. The molecule has 148 valence electrons. The Bertz CT molecular complexity index is 809. The fourth-order valence-electron chi connectivity index (χ4n) is 1.98. The predicted molar refractivity (Wildman–Crippen MR) is 88.9 cm³/mol. The van der Waals surface area contributed by atoms with E-state index >= 15 is 0 Å². The standard InChI is InChI=1S/C11H14N6O2S.C2HF3O2/c1-19-8-7-9(14-6-13-8)20-10(15-7)16-11(18)17-4-2-12-3-5-17;3-2(4,5)1(6)7/h6,12H,2-5H2,1H3,(H,15,16,18);(H,6,7). The van der Waals surface area contributed by atoms with Gasteiger partial charge in [-0.15, -0.1) is 0 Å². The Balaban J connectivity index is 0.000000321. The summed E-state index contributed by atoms with van der Waals surface area (Å²) in [4.78, 5) is 35.8. The number of alkyl halides is 3. The smallest absolute Gasteiger partial charge is 0.479 e. The first-order valence-corrected chi connectivity index (χ1v) is 8.26. The summed E-state index contributed by atoms with van der Waals surface area (Å²) >= 11 is 1.30. The molecule has 0 unspecified atom stereocenters. The Labute approximate surface area is 154 Å². The first-order chi connectivity index (χ1) is 12.7. The lowest BCUT2D eigenvalue weighted by Gasteiger charge is -2.26. The van der Waals surface area contributed by atoms with Crippen LogP contribution in [0.2, 0.25) is 0 Å². The van der Waals surface area contributed by atoms with Crippen LogP contribution in [0.3, 0.4) is 0 Å². The maximum atomic E-state index is 12.1. The van der Waals surface area contributed by atoms with Gasteiger partial charge in [-0.05, 0) is 0 Å². The molecule has 0 saturated carbocycles. The molecule has 0 spiro atoms. The SMILES string of the molecule is COc1ncnc2sc(NC(=O)N3CCNCC3)nc12.O=C(O)C(F)(F)F. The monoisotopic (exact) mass is 408 g/mol. The van der Waals surface area contributed by atoms with Gasteiger partial charge in [0.25, 0.3) is 0 Å². The molecule has 0 radical (unpaired) electrons. The van der Waals surface area contributed by atoms with Crippen molar-refractivity contribution in [3.8, 4) is 5.88 Å². The number of fused-ring (bicyclic) bond motifs is 1. The molecule has 2 aromatic heterocycles. The van der Waals surface area contributed by atoms with Gasteiger partial charge in [-0.2, -0.15) is 18.2 Å². The molecule has 10 nitrogen and oxygen atoms in total. The molecule has 14 heteroatoms. The van der Waals surface area contributed by atoms with Gasteiger partial charge in [-0.25, -0.2) is 19.6 Å². The molecule has 0 aliphatic carbocycles. The van der Waals surface area contributed by atoms with Gasteiger partial charge < -0.3 is 20.1 Å². The quantitative estimate of drug-likeness (QED) is 0.675. The highest BCUT2D eigenvalue weighted by atomic mass is 32.1. The second kappa shape index (κ2) is 8.77. The third-order valence-electron chi connectivity index (χ3n) is 3.22. The Morgan fingerprint density at radius 3 is 2.52 bits per heavy atom. The number of rotatable bonds is 2. The Morgan fingerprint density at radius 2 is 1.96 bits per heavy atom. The maximum absolute atomic E-state index is 12.1. The molecule has 0 aromatic carbocycles. The topological polar surface area (TPSA) is 130 Å². The third-order valence-corrected chi connectivity index (χ3v) is 4.09. The van der Waals surface area contributed by atoms with E-state index in [-0.39, 0.29) is 6.03 Å². The highest BCUT2D eigenvalue weighted by Crippen LogP contribution is 2.28. The fraction of sp³-hybridized carbons (Fsp3) is 0.462. The molecule has 3 N–H and O–H groups in total. The lowest BCUT2D eigenvalue weighted by Crippen LogP contribution is -2.48. The lowest BCUT2D eigenvalue weighted by molar-refractivity contribution is -0.192. The molecule has 1 saturated heterocycles. The van der Waals surface area contributed by atoms with Gasteiger partial charge in [0.05, 0.1) is 7.11 Å². The number of anilines is 1. The largest absolute Gasteiger partial charge is 0.490 e. The van der Waals surface area contributed by atoms with Crippen molar-refractivity contribution in [3.63, 3.8) is 0 Å². The molecule has 3 heterocycles. The molecular formula is C13H15F3N6O4S. The Morgan fingerprint density at radius 1 is 1.33 bits per heavy atom. The molecule has 0 bridgehead atoms. The maximum Gasteiger partial charge on any atom is 0.490 e. The van der Waals surface area contributed by atoms with Crippen molar-refractivity contribution >= 4 is 38.8 Å². The molecule has 3 rings (SSSR count). The number of carboxylic acid groups (broad SMARTS) is 1. The summed E-state index contributed by atoms with van der Waals surface area (Å²) in [5, 5.41) is 13.6. The van der Waals surface area contributed by atoms with Gasteiger partial charge in [0, 0.05) is 26.2 Å². The number of piperazine rings is 1. The zero-order valence-corrected chi connectivity index (χ0v) is 14.7. The van der Waals surface area contributed by atoms with Crippen molar-refractivity contribution in [1.29, 1.82) is 0 Å². The molecule has 2 amide bonds. The second-order valence-corrected chi connectivity index (χ2v) is 6.00. The van der Waals surface area contributed by atoms with E-state index in [0.717, 1.165) is 13.1 Å². The second-order valence-electron chi connectivity index (χ2n) is 5.03. The van der Waals surface area contributed by atoms with Crippen LogP contribution < -0.4 is 15.4 Å². The molecule has 27 heavy (non-hydrogen) atoms. The van der Waals surface area contributed by atoms with Gasteiger partial charge >= 0.3 is 18.2 Å². The summed E-state index contributed by atoms with van der Waals surface area (Å²) in [5.41, 5.74) is 0.565. The summed E-state index contributed by atoms with van der Waals surface area (Å²) in [5.74, 6) is -2.35. The van der Waals surface area contributed by atoms with E-state index in [1.807, 2.05) is 0 Å². The van der Waals surface area contributed by atoms with Gasteiger partial charge in [0.2, 0.25) is 5.88 Å². The molecule has 1 fully saturated rings. The molecule has 2 aromatic rings. The number of thiazole rings is 1. The number of hydrogen-bond donors (Lipinski definition) is 3. The van der Waals surface area contributed by atoms with E-state index in [2.05, 4.69) is 25.6 Å². The minimum absolute atomic E-state index is 0.141. The average molecular weight is 408 g/mol. The van der Waals surface area contributed by atoms with Crippen LogP contribution in [-0.2, 0) is 4.79 Å². The summed E-state index contributed by atoms with van der Waals surface area (Å²) in [6.45, 7) is 3.01. The number of urea groups is 1. The van der Waals surface area contributed by atoms with Crippen molar-refractivity contribution in [2.24, 2.45) is 0 Å². The van der Waals surface area contributed by atoms with E-state index in [1.165, 1.54) is 24.8 Å². The van der Waals surface area contributed by atoms with Crippen molar-refractivity contribution < 1.29 is 32.6 Å². The average Bonchev–Trinajstić information content (AvgIpc) is 3.04. The Kier molecular flexibility index (Phi) is 6.68. The summed E-state index contributed by atoms with van der Waals surface area (Å²) in [6.07, 6.45) is -3.67. The first kappa shape index (κ1) is 20.6. The minimum Gasteiger partial charge on any atom is -0.479 e. The van der Waals surface area contributed by atoms with E-state index in [4.69, 9.17) is 14.6 Å². The molecule has 1 aliphatic rings. The number of carboxylic acids is 1. The van der Waals surface area contributed by atoms with Crippen molar-refractivity contribution in [2.75, 3.05) is 38.6 Å². The molecule has 1 aliphatic heterocycles. The lowest BCUT2D eigenvalue weighted by atomic mass is 10.4. The van der Waals surface area contributed by atoms with Crippen LogP contribution in [0.1, 0.15) is 0 Å². The van der Waals surface area contributed by atoms with Gasteiger partial charge in [-0.1, -0.05) is 11.3 Å². The minimum atomic E-state index is -5.08. The predicted octanol–water partition coefficient (Wildman–Crippen LogP) is 1.17. The van der Waals surface area contributed by atoms with Crippen LogP contribution in [-0.4, -0.2) is 76.4 Å². The van der Waals surface area contributed by atoms with Crippen molar-refractivity contribution in [1.82, 2.24) is 25.2 Å². The van der Waals surface area contributed by atoms with Crippen LogP contribution in [0.4, 0.5) is 23.1 Å². The van der Waals surface area contributed by atoms with E-state index in [1.54, 1.807) is 4.90 Å². The summed E-state index contributed by atoms with van der Waals surface area (Å²) in [6, 6.07) is -0.141. The number of halogens is 3. The van der Waals surface area contributed by atoms with E-state index < -0.39 is 12.1 Å². The number of nitrogens with zero attached hydrogens (tertiary/aromatic N) is 4. The van der Waals surface area contributed by atoms with Crippen LogP contribution in [0.25, 0.3) is 10.3 Å². The van der Waals surface area contributed by atoms with Gasteiger partial charge in [0.1, 0.15) is 6.33 Å². The number of aromatic nitrogens is 3. The van der Waals surface area contributed by atoms with Gasteiger partial charge in [-0.3, -0.25) is 5.32 Å². The number of carbonyl (C=O) groups is 2. The molecular weight excluding hydrogens is 393 g/mol. The zero-order valence-electron chi connectivity index (χ0n) is 13.9. The zero-order chi connectivity index (χ0) is 20.0. The van der Waals surface area contributed by atoms with Crippen molar-refractivity contribution in [3.05, 3.63) is 6.33 Å². The number of amides is 2. The fourth-order valence-corrected chi connectivity index (χ4v) is 2.76. The third kappa shape index (κ3) is 5.62. The van der Waals surface area contributed by atoms with Crippen LogP contribution in [0, 0.1) is 0 Å². The first-order valence-electron chi connectivity index (χ1n) is 7.44. The van der Waals surface area contributed by atoms with Crippen LogP contribution >= 0.6 is 11.3 Å². The van der Waals surface area contributed by atoms with Gasteiger partial charge in [0.15, 0.2) is 15.5 Å². The van der Waals surface area contributed by atoms with Crippen LogP contribution in [0.15, 0.2) is 6.33 Å². The number of aliphatic carboxylic acids is 1. The normalized spacial score (nSPS) is 14.3.